The van der Waals surface area contributed by atoms with Crippen molar-refractivity contribution in [1.29, 1.82) is 0 Å². The van der Waals surface area contributed by atoms with Gasteiger partial charge in [-0.15, -0.1) is 11.3 Å². The third-order valence-electron chi connectivity index (χ3n) is 5.17. The van der Waals surface area contributed by atoms with Crippen molar-refractivity contribution >= 4 is 11.3 Å². The standard InChI is InChI=1S/C17H27NS/c1-12-7-9-13(10-8-12)17(18-2)16-11-14-5-3-4-6-15(14)19-16/h11-13,17-18H,3-10H2,1-2H3. The van der Waals surface area contributed by atoms with Crippen molar-refractivity contribution in [1.82, 2.24) is 5.32 Å². The Hall–Kier alpha value is -0.340. The summed E-state index contributed by atoms with van der Waals surface area (Å²) >= 11 is 2.10. The van der Waals surface area contributed by atoms with Gasteiger partial charge in [0.05, 0.1) is 0 Å². The monoisotopic (exact) mass is 277 g/mol. The van der Waals surface area contributed by atoms with E-state index in [0.717, 1.165) is 11.8 Å². The van der Waals surface area contributed by atoms with Gasteiger partial charge >= 0.3 is 0 Å². The summed E-state index contributed by atoms with van der Waals surface area (Å²) < 4.78 is 0. The fourth-order valence-corrected chi connectivity index (χ4v) is 5.36. The number of nitrogens with one attached hydrogen (secondary N) is 1. The Morgan fingerprint density at radius 3 is 2.58 bits per heavy atom. The Morgan fingerprint density at radius 2 is 1.89 bits per heavy atom. The maximum atomic E-state index is 3.62. The lowest BCUT2D eigenvalue weighted by Gasteiger charge is -2.32. The Kier molecular flexibility index (Phi) is 4.28. The van der Waals surface area contributed by atoms with Crippen LogP contribution in [-0.2, 0) is 12.8 Å². The van der Waals surface area contributed by atoms with Crippen LogP contribution in [-0.4, -0.2) is 7.05 Å². The van der Waals surface area contributed by atoms with E-state index < -0.39 is 0 Å². The van der Waals surface area contributed by atoms with E-state index >= 15 is 0 Å². The van der Waals surface area contributed by atoms with Crippen LogP contribution in [0.4, 0.5) is 0 Å². The second-order valence-corrected chi connectivity index (χ2v) is 7.76. The van der Waals surface area contributed by atoms with Crippen molar-refractivity contribution in [3.05, 3.63) is 21.4 Å². The van der Waals surface area contributed by atoms with Crippen LogP contribution in [0.25, 0.3) is 0 Å². The second kappa shape index (κ2) is 5.97. The number of fused-ring (bicyclic) bond motifs is 1. The van der Waals surface area contributed by atoms with Crippen LogP contribution in [0.1, 0.15) is 66.8 Å². The molecule has 0 saturated heterocycles. The molecule has 1 atom stereocenters. The predicted octanol–water partition coefficient (Wildman–Crippen LogP) is 4.71. The van der Waals surface area contributed by atoms with Crippen molar-refractivity contribution in [3.63, 3.8) is 0 Å². The van der Waals surface area contributed by atoms with Crippen molar-refractivity contribution < 1.29 is 0 Å². The van der Waals surface area contributed by atoms with Gasteiger partial charge in [0.15, 0.2) is 0 Å². The first kappa shape index (κ1) is 13.6. The molecule has 2 heteroatoms. The van der Waals surface area contributed by atoms with E-state index in [4.69, 9.17) is 0 Å². The molecule has 0 aliphatic heterocycles. The fourth-order valence-electron chi connectivity index (χ4n) is 3.90. The third kappa shape index (κ3) is 2.90. The molecular formula is C17H27NS. The molecular weight excluding hydrogens is 250 g/mol. The molecule has 1 fully saturated rings. The summed E-state index contributed by atoms with van der Waals surface area (Å²) in [5, 5.41) is 3.62. The molecule has 2 aliphatic carbocycles. The zero-order valence-corrected chi connectivity index (χ0v) is 13.2. The topological polar surface area (TPSA) is 12.0 Å². The minimum absolute atomic E-state index is 0.614. The summed E-state index contributed by atoms with van der Waals surface area (Å²) in [6, 6.07) is 3.14. The molecule has 106 valence electrons. The summed E-state index contributed by atoms with van der Waals surface area (Å²) in [5.41, 5.74) is 1.66. The number of thiophene rings is 1. The van der Waals surface area contributed by atoms with E-state index in [2.05, 4.69) is 36.7 Å². The van der Waals surface area contributed by atoms with Crippen molar-refractivity contribution in [2.75, 3.05) is 7.05 Å². The van der Waals surface area contributed by atoms with Gasteiger partial charge < -0.3 is 5.32 Å². The fraction of sp³-hybridized carbons (Fsp3) is 0.765. The van der Waals surface area contributed by atoms with Crippen LogP contribution in [0.5, 0.6) is 0 Å². The highest BCUT2D eigenvalue weighted by atomic mass is 32.1. The van der Waals surface area contributed by atoms with Gasteiger partial charge in [-0.2, -0.15) is 0 Å². The van der Waals surface area contributed by atoms with E-state index in [9.17, 15) is 0 Å². The quantitative estimate of drug-likeness (QED) is 0.843. The maximum Gasteiger partial charge on any atom is 0.0441 e. The highest BCUT2D eigenvalue weighted by molar-refractivity contribution is 7.12. The minimum atomic E-state index is 0.614. The number of rotatable bonds is 3. The summed E-state index contributed by atoms with van der Waals surface area (Å²) in [5.74, 6) is 1.81. The van der Waals surface area contributed by atoms with Crippen LogP contribution in [0, 0.1) is 11.8 Å². The van der Waals surface area contributed by atoms with Gasteiger partial charge in [0.2, 0.25) is 0 Å². The smallest absolute Gasteiger partial charge is 0.0441 e. The highest BCUT2D eigenvalue weighted by Crippen LogP contribution is 2.40. The SMILES string of the molecule is CNC(c1cc2c(s1)CCCC2)C1CCC(C)CC1. The number of hydrogen-bond acceptors (Lipinski definition) is 2. The molecule has 1 saturated carbocycles. The molecule has 2 aliphatic rings. The highest BCUT2D eigenvalue weighted by Gasteiger charge is 2.28. The molecule has 0 radical (unpaired) electrons. The largest absolute Gasteiger partial charge is 0.312 e. The van der Waals surface area contributed by atoms with E-state index in [0.29, 0.717) is 6.04 Å². The molecule has 1 aromatic heterocycles. The first-order chi connectivity index (χ1) is 9.28. The normalized spacial score (nSPS) is 28.9. The Balaban J connectivity index is 1.76. The Bertz CT molecular complexity index is 391. The lowest BCUT2D eigenvalue weighted by Crippen LogP contribution is -2.27. The zero-order valence-electron chi connectivity index (χ0n) is 12.4. The van der Waals surface area contributed by atoms with Crippen LogP contribution < -0.4 is 5.32 Å². The first-order valence-electron chi connectivity index (χ1n) is 8.06. The van der Waals surface area contributed by atoms with Crippen molar-refractivity contribution in [3.8, 4) is 0 Å². The van der Waals surface area contributed by atoms with Gasteiger partial charge in [-0.25, -0.2) is 0 Å². The van der Waals surface area contributed by atoms with Crippen molar-refractivity contribution in [2.24, 2.45) is 11.8 Å². The van der Waals surface area contributed by atoms with E-state index in [1.165, 1.54) is 51.4 Å². The zero-order chi connectivity index (χ0) is 13.2. The number of hydrogen-bond donors (Lipinski definition) is 1. The molecule has 1 heterocycles. The second-order valence-electron chi connectivity index (χ2n) is 6.59. The van der Waals surface area contributed by atoms with Gasteiger partial charge in [0, 0.05) is 15.8 Å². The van der Waals surface area contributed by atoms with Gasteiger partial charge in [0.25, 0.3) is 0 Å². The molecule has 0 amide bonds. The van der Waals surface area contributed by atoms with E-state index in [1.54, 1.807) is 15.3 Å². The van der Waals surface area contributed by atoms with Crippen LogP contribution in [0.15, 0.2) is 6.07 Å². The van der Waals surface area contributed by atoms with E-state index in [1.807, 2.05) is 0 Å². The molecule has 3 rings (SSSR count). The van der Waals surface area contributed by atoms with Crippen LogP contribution in [0.2, 0.25) is 0 Å². The van der Waals surface area contributed by atoms with Gasteiger partial charge in [-0.3, -0.25) is 0 Å². The summed E-state index contributed by atoms with van der Waals surface area (Å²) in [6.45, 7) is 2.41. The number of aryl methyl sites for hydroxylation is 2. The van der Waals surface area contributed by atoms with Crippen LogP contribution in [0.3, 0.4) is 0 Å². The molecule has 1 unspecified atom stereocenters. The molecule has 0 aromatic carbocycles. The molecule has 0 bridgehead atoms. The van der Waals surface area contributed by atoms with Crippen LogP contribution >= 0.6 is 11.3 Å². The molecule has 0 spiro atoms. The predicted molar refractivity (Wildman–Crippen MR) is 83.9 cm³/mol. The molecule has 1 nitrogen and oxygen atoms in total. The minimum Gasteiger partial charge on any atom is -0.312 e. The lowest BCUT2D eigenvalue weighted by atomic mass is 9.79. The van der Waals surface area contributed by atoms with Gasteiger partial charge in [0.1, 0.15) is 0 Å². The first-order valence-corrected chi connectivity index (χ1v) is 8.88. The molecule has 1 aromatic rings. The lowest BCUT2D eigenvalue weighted by molar-refractivity contribution is 0.240. The summed E-state index contributed by atoms with van der Waals surface area (Å²) in [4.78, 5) is 3.31. The average molecular weight is 277 g/mol. The van der Waals surface area contributed by atoms with Gasteiger partial charge in [-0.05, 0) is 69.0 Å². The summed E-state index contributed by atoms with van der Waals surface area (Å²) in [6.07, 6.45) is 11.1. The van der Waals surface area contributed by atoms with Crippen molar-refractivity contribution in [2.45, 2.75) is 64.3 Å². The Labute approximate surface area is 121 Å². The van der Waals surface area contributed by atoms with E-state index in [-0.39, 0.29) is 0 Å². The molecule has 19 heavy (non-hydrogen) atoms. The Morgan fingerprint density at radius 1 is 1.16 bits per heavy atom. The molecule has 1 N–H and O–H groups in total. The third-order valence-corrected chi connectivity index (χ3v) is 6.49. The average Bonchev–Trinajstić information content (AvgIpc) is 2.85. The maximum absolute atomic E-state index is 3.62. The van der Waals surface area contributed by atoms with Gasteiger partial charge in [-0.1, -0.05) is 19.8 Å². The summed E-state index contributed by atoms with van der Waals surface area (Å²) in [7, 11) is 2.15.